The molecule has 0 bridgehead atoms. The molecule has 121 heavy (non-hydrogen) atoms. The minimum Gasteiger partial charge on any atom is -0.444 e. The molecular weight excluding hydrogens is 1610 g/mol. The summed E-state index contributed by atoms with van der Waals surface area (Å²) >= 11 is 0. The fraction of sp³-hybridized carbons (Fsp3) is 0.537. The number of benzene rings is 3. The predicted molar refractivity (Wildman–Crippen MR) is 437 cm³/mol. The number of aromatic nitrogens is 12. The quantitative estimate of drug-likeness (QED) is 0.0655. The number of nitrogens with zero attached hydrogens (tertiary/aromatic N) is 15. The Morgan fingerprint density at radius 2 is 0.818 bits per heavy atom. The van der Waals surface area contributed by atoms with Crippen molar-refractivity contribution in [3.8, 4) is 17.1 Å². The molecule has 9 aromatic rings. The predicted octanol–water partition coefficient (Wildman–Crippen LogP) is 9.47. The van der Waals surface area contributed by atoms with Gasteiger partial charge in [-0.1, -0.05) is 54.6 Å². The summed E-state index contributed by atoms with van der Waals surface area (Å²) in [5.74, 6) is -0.435. The first-order chi connectivity index (χ1) is 56.5. The molecule has 7 aliphatic rings. The van der Waals surface area contributed by atoms with E-state index in [-0.39, 0.29) is 107 Å². The lowest BCUT2D eigenvalue weighted by molar-refractivity contribution is -0.127. The number of Topliss-reactive ketones (excluding diaryl/α,β-unsaturated/α-hetero) is 1. The van der Waals surface area contributed by atoms with Gasteiger partial charge in [-0.15, -0.1) is 12.4 Å². The highest BCUT2D eigenvalue weighted by molar-refractivity contribution is 5.86. The van der Waals surface area contributed by atoms with Gasteiger partial charge in [0.05, 0.1) is 94.5 Å². The largest absolute Gasteiger partial charge is 0.444 e. The third-order valence-corrected chi connectivity index (χ3v) is 20.3. The second-order valence-electron chi connectivity index (χ2n) is 34.4. The number of hydrogen-bond acceptors (Lipinski definition) is 23. The van der Waals surface area contributed by atoms with Crippen molar-refractivity contribution in [2.24, 2.45) is 0 Å². The number of ketones is 1. The molecular formula is C82H105ClF5N17O16. The van der Waals surface area contributed by atoms with Crippen LogP contribution in [0.5, 0.6) is 0 Å². The van der Waals surface area contributed by atoms with Crippen molar-refractivity contribution in [2.45, 2.75) is 204 Å². The zero-order valence-electron chi connectivity index (χ0n) is 69.6. The molecule has 0 saturated carbocycles. The van der Waals surface area contributed by atoms with E-state index in [1.165, 1.54) is 66.3 Å². The second kappa shape index (κ2) is 37.7. The standard InChI is InChI=1S/C22H26FN5O4.C17H18FN5O2.2C11H18FNO3.C11H8N4O.C10H16FNO3.ClH/c1-21(2,3)32-20(30)26-10-9-22(31,17(23)12-26)13-27-14-24-18-16(19(27)29)11-25-28(18)15-7-5-4-6-8-15;18-14-9-19-7-6-17(14,25)10-22-11-20-15-13(16(22)24)8-21-23(15)12-4-2-1-3-5-12;2*1-10(2,3)16-9(14)13-5-4-11(7-15-11)8(12)6-13;16-11-9-6-14-15(10(9)12-7-13-11)8-4-2-1-3-5-8;1-10(2,3)15-9(14)12-5-4-8(13)7(11)6-12;/h4-8,11,14,17,31H,9-10,12-13H2,1-3H3;1-5,8,11,14,19,25H,6-7,9-10H2;2*8H,4-7H2,1-3H3;1-7H,(H,12,13,16);7H,4-6H2,1-3H3;1H. The monoisotopic (exact) mass is 1710 g/mol. The summed E-state index contributed by atoms with van der Waals surface area (Å²) in [7, 11) is 0. The van der Waals surface area contributed by atoms with Gasteiger partial charge in [-0.2, -0.15) is 15.3 Å². The first-order valence-electron chi connectivity index (χ1n) is 39.5. The molecule has 6 aromatic heterocycles. The van der Waals surface area contributed by atoms with Gasteiger partial charge in [0.25, 0.3) is 16.7 Å². The molecule has 3 aromatic carbocycles. The summed E-state index contributed by atoms with van der Waals surface area (Å²) in [6, 6.07) is 28.2. The Labute approximate surface area is 699 Å². The van der Waals surface area contributed by atoms with Crippen molar-refractivity contribution in [1.82, 2.24) is 83.3 Å². The number of likely N-dealkylation sites (tertiary alicyclic amines) is 4. The van der Waals surface area contributed by atoms with Gasteiger partial charge >= 0.3 is 24.4 Å². The number of aromatic amines is 1. The van der Waals surface area contributed by atoms with Crippen LogP contribution in [0.25, 0.3) is 50.2 Å². The number of piperidine rings is 5. The van der Waals surface area contributed by atoms with Crippen LogP contribution in [0.15, 0.2) is 143 Å². The normalized spacial score (nSPS) is 23.9. The molecule has 33 nitrogen and oxygen atoms in total. The number of hydrogen-bond donors (Lipinski definition) is 4. The van der Waals surface area contributed by atoms with E-state index in [4.69, 9.17) is 28.4 Å². The van der Waals surface area contributed by atoms with Gasteiger partial charge in [0.15, 0.2) is 28.9 Å². The minimum atomic E-state index is -1.81. The number of epoxide rings is 2. The molecule has 0 radical (unpaired) electrons. The maximum Gasteiger partial charge on any atom is 0.410 e. The van der Waals surface area contributed by atoms with E-state index in [2.05, 4.69) is 40.5 Å². The number of aliphatic hydroxyl groups is 2. The molecule has 16 rings (SSSR count). The van der Waals surface area contributed by atoms with Crippen molar-refractivity contribution in [1.29, 1.82) is 0 Å². The fourth-order valence-corrected chi connectivity index (χ4v) is 13.5. The SMILES string of the molecule is CC(C)(C)OC(=O)N1CCC(=O)C(F)C1.CC(C)(C)OC(=O)N1CCC(O)(Cn2cnc3c(cnn3-c3ccccc3)c2=O)C(F)C1.CC(C)(C)OC(=O)N1CCC2(CO2)C(F)C1.CC(C)(C)OC(=O)N1CCC2(CO2)C(F)C1.Cl.O=c1[nH]cnc2c1cnn2-c1ccccc1.O=c1c2cnn(-c3ccccc3)c2ncn1CC1(O)CCNCC1F. The van der Waals surface area contributed by atoms with E-state index in [0.717, 1.165) is 17.1 Å². The summed E-state index contributed by atoms with van der Waals surface area (Å²) in [4.78, 5) is 116. The van der Waals surface area contributed by atoms with Gasteiger partial charge in [0, 0.05) is 39.1 Å². The highest BCUT2D eigenvalue weighted by Gasteiger charge is 2.57. The average Bonchev–Trinajstić information content (AvgIpc) is 1.56. The molecule has 7 aliphatic heterocycles. The number of nitrogens with one attached hydrogen (secondary N) is 2. The van der Waals surface area contributed by atoms with E-state index < -0.39 is 111 Å². The lowest BCUT2D eigenvalue weighted by Gasteiger charge is -2.41. The van der Waals surface area contributed by atoms with Crippen molar-refractivity contribution in [2.75, 3.05) is 78.7 Å². The van der Waals surface area contributed by atoms with E-state index in [1.54, 1.807) is 97.1 Å². The highest BCUT2D eigenvalue weighted by atomic mass is 35.5. The Bertz CT molecular complexity index is 5200. The molecule has 2 spiro atoms. The zero-order chi connectivity index (χ0) is 87.1. The number of halogens is 6. The molecule has 9 unspecified atom stereocenters. The second-order valence-corrected chi connectivity index (χ2v) is 34.4. The molecule has 9 atom stereocenters. The van der Waals surface area contributed by atoms with Crippen LogP contribution in [0.2, 0.25) is 0 Å². The lowest BCUT2D eigenvalue weighted by Crippen LogP contribution is -2.58. The van der Waals surface area contributed by atoms with Crippen molar-refractivity contribution in [3.63, 3.8) is 0 Å². The van der Waals surface area contributed by atoms with Crippen LogP contribution in [0, 0.1) is 0 Å². The summed E-state index contributed by atoms with van der Waals surface area (Å²) in [6.07, 6.45) is 0.802. The summed E-state index contributed by atoms with van der Waals surface area (Å²) < 4.78 is 108. The zero-order valence-corrected chi connectivity index (χ0v) is 70.4. The Balaban J connectivity index is 0.000000156. The Hall–Kier alpha value is -10.8. The molecule has 0 aliphatic carbocycles. The van der Waals surface area contributed by atoms with Crippen LogP contribution in [-0.4, -0.2) is 273 Å². The van der Waals surface area contributed by atoms with Crippen molar-refractivity contribution in [3.05, 3.63) is 160 Å². The van der Waals surface area contributed by atoms with Crippen LogP contribution in [0.4, 0.5) is 41.1 Å². The smallest absolute Gasteiger partial charge is 0.410 e. The topological polar surface area (TPSA) is 382 Å². The van der Waals surface area contributed by atoms with Gasteiger partial charge in [-0.05, 0) is 152 Å². The summed E-state index contributed by atoms with van der Waals surface area (Å²) in [6.45, 7) is 23.4. The third kappa shape index (κ3) is 23.5. The number of H-pyrrole nitrogens is 1. The van der Waals surface area contributed by atoms with Crippen LogP contribution in [0.1, 0.15) is 115 Å². The van der Waals surface area contributed by atoms with E-state index in [9.17, 15) is 70.5 Å². The maximum absolute atomic E-state index is 15.0. The van der Waals surface area contributed by atoms with Gasteiger partial charge in [-0.25, -0.2) is 70.1 Å². The number of alkyl halides is 5. The Morgan fingerprint density at radius 1 is 0.471 bits per heavy atom. The lowest BCUT2D eigenvalue weighted by atomic mass is 9.89. The van der Waals surface area contributed by atoms with Crippen LogP contribution in [-0.2, 0) is 46.3 Å². The third-order valence-electron chi connectivity index (χ3n) is 20.3. The molecule has 4 amide bonds. The molecule has 39 heteroatoms. The molecule has 4 N–H and O–H groups in total. The van der Waals surface area contributed by atoms with Crippen molar-refractivity contribution < 1.29 is 84.6 Å². The van der Waals surface area contributed by atoms with Gasteiger partial charge < -0.3 is 68.5 Å². The summed E-state index contributed by atoms with van der Waals surface area (Å²) in [5, 5.41) is 38.1. The number of carbonyl (C=O) groups excluding carboxylic acids is 5. The van der Waals surface area contributed by atoms with Gasteiger partial charge in [0.2, 0.25) is 0 Å². The number of ether oxygens (including phenoxy) is 6. The number of amides is 4. The Morgan fingerprint density at radius 3 is 1.17 bits per heavy atom. The minimum absolute atomic E-state index is 0. The molecule has 7 fully saturated rings. The molecule has 13 heterocycles. The number of para-hydroxylation sites is 3. The first-order valence-corrected chi connectivity index (χ1v) is 39.5. The Kier molecular flexibility index (Phi) is 28.8. The van der Waals surface area contributed by atoms with Gasteiger partial charge in [-0.3, -0.25) is 28.3 Å². The molecule has 656 valence electrons. The molecule has 7 saturated heterocycles. The number of carbonyl (C=O) groups is 5. The highest BCUT2D eigenvalue weighted by Crippen LogP contribution is 2.42. The van der Waals surface area contributed by atoms with E-state index in [0.29, 0.717) is 73.4 Å². The summed E-state index contributed by atoms with van der Waals surface area (Å²) in [5.41, 5.74) is -4.04. The first kappa shape index (κ1) is 92.5. The van der Waals surface area contributed by atoms with Crippen molar-refractivity contribution >= 4 is 75.7 Å². The number of rotatable bonds is 7. The van der Waals surface area contributed by atoms with Crippen LogP contribution in [0.3, 0.4) is 0 Å². The number of fused-ring (bicyclic) bond motifs is 3. The maximum atomic E-state index is 15.0. The fourth-order valence-electron chi connectivity index (χ4n) is 13.5. The van der Waals surface area contributed by atoms with Gasteiger partial charge in [0.1, 0.15) is 98.3 Å². The van der Waals surface area contributed by atoms with E-state index in [1.807, 2.05) is 91.0 Å². The van der Waals surface area contributed by atoms with E-state index >= 15 is 0 Å². The van der Waals surface area contributed by atoms with Crippen LogP contribution >= 0.6 is 12.4 Å². The van der Waals surface area contributed by atoms with Crippen LogP contribution < -0.4 is 22.0 Å². The average molecular weight is 1720 g/mol.